The molecule has 0 fully saturated rings. The first-order valence-corrected chi connectivity index (χ1v) is 9.44. The normalized spacial score (nSPS) is 10.9. The number of nitrogens with one attached hydrogen (secondary N) is 1. The van der Waals surface area contributed by atoms with Crippen molar-refractivity contribution in [1.29, 1.82) is 0 Å². The molecule has 0 bridgehead atoms. The first-order chi connectivity index (χ1) is 14.0. The number of methoxy groups -OCH3 is 1. The van der Waals surface area contributed by atoms with Crippen LogP contribution in [-0.2, 0) is 4.74 Å². The molecule has 0 unspecified atom stereocenters. The van der Waals surface area contributed by atoms with E-state index in [2.05, 4.69) is 10.3 Å². The van der Waals surface area contributed by atoms with E-state index in [0.29, 0.717) is 16.3 Å². The number of furan rings is 1. The van der Waals surface area contributed by atoms with Crippen LogP contribution in [0.4, 0.5) is 10.3 Å². The summed E-state index contributed by atoms with van der Waals surface area (Å²) in [5.74, 6) is -1.17. The van der Waals surface area contributed by atoms with E-state index in [-0.39, 0.29) is 17.0 Å². The third-order valence-electron chi connectivity index (χ3n) is 4.32. The lowest BCUT2D eigenvalue weighted by Gasteiger charge is -2.05. The van der Waals surface area contributed by atoms with E-state index in [1.807, 2.05) is 24.3 Å². The quantitative estimate of drug-likeness (QED) is 0.477. The predicted molar refractivity (Wildman–Crippen MR) is 108 cm³/mol. The number of nitrogens with zero attached hydrogens (tertiary/aromatic N) is 1. The molecule has 8 heteroatoms. The molecule has 4 aromatic rings. The highest BCUT2D eigenvalue weighted by atomic mass is 32.1. The summed E-state index contributed by atoms with van der Waals surface area (Å²) in [6.07, 6.45) is 0. The van der Waals surface area contributed by atoms with Crippen molar-refractivity contribution < 1.29 is 23.1 Å². The number of carbonyl (C=O) groups excluding carboxylic acids is 2. The Morgan fingerprint density at radius 2 is 1.86 bits per heavy atom. The summed E-state index contributed by atoms with van der Waals surface area (Å²) in [4.78, 5) is 29.6. The minimum atomic E-state index is -0.595. The largest absolute Gasteiger partial charge is 0.465 e. The molecule has 0 saturated carbocycles. The summed E-state index contributed by atoms with van der Waals surface area (Å²) < 4.78 is 24.7. The van der Waals surface area contributed by atoms with E-state index < -0.39 is 17.7 Å². The molecule has 2 aromatic heterocycles. The Kier molecular flexibility index (Phi) is 4.85. The van der Waals surface area contributed by atoms with E-state index in [1.54, 1.807) is 6.92 Å². The Bertz CT molecular complexity index is 1190. The van der Waals surface area contributed by atoms with Crippen molar-refractivity contribution in [3.63, 3.8) is 0 Å². The van der Waals surface area contributed by atoms with Gasteiger partial charge < -0.3 is 9.15 Å². The number of benzene rings is 2. The van der Waals surface area contributed by atoms with Crippen LogP contribution in [0.3, 0.4) is 0 Å². The van der Waals surface area contributed by atoms with Crippen molar-refractivity contribution in [2.24, 2.45) is 0 Å². The Labute approximate surface area is 168 Å². The number of hydrogen-bond acceptors (Lipinski definition) is 6. The molecule has 0 aliphatic heterocycles. The number of amides is 1. The van der Waals surface area contributed by atoms with Gasteiger partial charge in [0.2, 0.25) is 5.88 Å². The van der Waals surface area contributed by atoms with Gasteiger partial charge in [-0.1, -0.05) is 12.1 Å². The van der Waals surface area contributed by atoms with E-state index in [1.165, 1.54) is 42.7 Å². The Balaban J connectivity index is 1.82. The van der Waals surface area contributed by atoms with Crippen LogP contribution in [0.2, 0.25) is 0 Å². The first kappa shape index (κ1) is 18.8. The van der Waals surface area contributed by atoms with Crippen LogP contribution in [0.5, 0.6) is 0 Å². The number of aryl methyl sites for hydroxylation is 1. The summed E-state index contributed by atoms with van der Waals surface area (Å²) in [6, 6.07) is 12.6. The highest BCUT2D eigenvalue weighted by Gasteiger charge is 2.29. The lowest BCUT2D eigenvalue weighted by molar-refractivity contribution is 0.0599. The molecule has 4 rings (SSSR count). The van der Waals surface area contributed by atoms with Crippen LogP contribution in [-0.4, -0.2) is 24.0 Å². The summed E-state index contributed by atoms with van der Waals surface area (Å²) >= 11 is 1.37. The summed E-state index contributed by atoms with van der Waals surface area (Å²) in [5, 5.41) is 3.17. The fourth-order valence-corrected chi connectivity index (χ4v) is 3.95. The van der Waals surface area contributed by atoms with Gasteiger partial charge in [0.15, 0.2) is 0 Å². The summed E-state index contributed by atoms with van der Waals surface area (Å²) in [5.41, 5.74) is 1.56. The molecular weight excluding hydrogens is 395 g/mol. The van der Waals surface area contributed by atoms with Gasteiger partial charge in [0.05, 0.1) is 22.9 Å². The van der Waals surface area contributed by atoms with Gasteiger partial charge in [0.1, 0.15) is 22.1 Å². The molecule has 2 aromatic carbocycles. The highest BCUT2D eigenvalue weighted by Crippen LogP contribution is 2.40. The van der Waals surface area contributed by atoms with Crippen LogP contribution in [0.15, 0.2) is 52.9 Å². The van der Waals surface area contributed by atoms with Crippen molar-refractivity contribution in [2.45, 2.75) is 6.92 Å². The number of aromatic nitrogens is 1. The third kappa shape index (κ3) is 3.50. The number of hydrogen-bond donors (Lipinski definition) is 1. The second kappa shape index (κ2) is 7.48. The van der Waals surface area contributed by atoms with Gasteiger partial charge in [-0.15, -0.1) is 11.3 Å². The van der Waals surface area contributed by atoms with Gasteiger partial charge in [-0.3, -0.25) is 10.1 Å². The number of ether oxygens (including phenoxy) is 1. The molecule has 1 amide bonds. The number of carbonyl (C=O) groups is 2. The molecule has 1 N–H and O–H groups in total. The number of fused-ring (bicyclic) bond motifs is 1. The average Bonchev–Trinajstić information content (AvgIpc) is 3.28. The number of halogens is 1. The van der Waals surface area contributed by atoms with Gasteiger partial charge >= 0.3 is 5.97 Å². The number of rotatable bonds is 4. The van der Waals surface area contributed by atoms with Crippen LogP contribution < -0.4 is 5.32 Å². The van der Waals surface area contributed by atoms with Crippen molar-refractivity contribution in [1.82, 2.24) is 4.98 Å². The Hall–Kier alpha value is -3.52. The maximum Gasteiger partial charge on any atom is 0.342 e. The predicted octanol–water partition coefficient (Wildman–Crippen LogP) is 5.04. The molecule has 0 saturated heterocycles. The number of anilines is 1. The highest BCUT2D eigenvalue weighted by molar-refractivity contribution is 7.21. The van der Waals surface area contributed by atoms with Crippen LogP contribution in [0, 0.1) is 12.7 Å². The third-order valence-corrected chi connectivity index (χ3v) is 5.37. The molecule has 146 valence electrons. The minimum Gasteiger partial charge on any atom is -0.465 e. The van der Waals surface area contributed by atoms with Gasteiger partial charge in [0, 0.05) is 5.56 Å². The summed E-state index contributed by atoms with van der Waals surface area (Å²) in [6.45, 7) is 1.61. The van der Waals surface area contributed by atoms with Crippen LogP contribution in [0.1, 0.15) is 26.5 Å². The maximum absolute atomic E-state index is 13.1. The molecule has 6 nitrogen and oxygen atoms in total. The molecule has 0 atom stereocenters. The number of thiazole rings is 1. The molecule has 0 spiro atoms. The monoisotopic (exact) mass is 410 g/mol. The summed E-state index contributed by atoms with van der Waals surface area (Å²) in [7, 11) is 1.27. The average molecular weight is 410 g/mol. The van der Waals surface area contributed by atoms with Crippen LogP contribution >= 0.6 is 11.3 Å². The second-order valence-corrected chi connectivity index (χ2v) is 7.21. The molecular formula is C21H15FN2O4S. The Morgan fingerprint density at radius 3 is 2.55 bits per heavy atom. The molecule has 29 heavy (non-hydrogen) atoms. The van der Waals surface area contributed by atoms with Gasteiger partial charge in [-0.25, -0.2) is 14.2 Å². The van der Waals surface area contributed by atoms with E-state index >= 15 is 0 Å². The second-order valence-electron chi connectivity index (χ2n) is 6.18. The van der Waals surface area contributed by atoms with Crippen molar-refractivity contribution in [3.8, 4) is 10.6 Å². The fraction of sp³-hybridized carbons (Fsp3) is 0.0952. The molecule has 0 radical (unpaired) electrons. The molecule has 0 aliphatic carbocycles. The van der Waals surface area contributed by atoms with Crippen molar-refractivity contribution in [3.05, 3.63) is 71.2 Å². The lowest BCUT2D eigenvalue weighted by Crippen LogP contribution is -2.12. The maximum atomic E-state index is 13.1. The Morgan fingerprint density at radius 1 is 1.14 bits per heavy atom. The van der Waals surface area contributed by atoms with Crippen molar-refractivity contribution >= 4 is 39.3 Å². The van der Waals surface area contributed by atoms with Crippen LogP contribution in [0.25, 0.3) is 20.8 Å². The van der Waals surface area contributed by atoms with Crippen molar-refractivity contribution in [2.75, 3.05) is 12.4 Å². The SMILES string of the molecule is COC(=O)c1c(C)oc(NC(=O)c2ccc(F)cc2)c1-c1nc2ccccc2s1. The zero-order valence-corrected chi connectivity index (χ0v) is 16.3. The van der Waals surface area contributed by atoms with Gasteiger partial charge in [-0.05, 0) is 43.3 Å². The molecule has 0 aliphatic rings. The zero-order chi connectivity index (χ0) is 20.5. The fourth-order valence-electron chi connectivity index (χ4n) is 2.94. The minimum absolute atomic E-state index is 0.0799. The smallest absolute Gasteiger partial charge is 0.342 e. The zero-order valence-electron chi connectivity index (χ0n) is 15.5. The van der Waals surface area contributed by atoms with E-state index in [4.69, 9.17) is 9.15 Å². The standard InChI is InChI=1S/C21H15FN2O4S/c1-11-16(21(26)27-2)17(20-23-14-5-3-4-6-15(14)29-20)19(28-11)24-18(25)12-7-9-13(22)10-8-12/h3-10H,1-2H3,(H,24,25). The topological polar surface area (TPSA) is 81.4 Å². The first-order valence-electron chi connectivity index (χ1n) is 8.62. The van der Waals surface area contributed by atoms with Gasteiger partial charge in [-0.2, -0.15) is 0 Å². The van der Waals surface area contributed by atoms with Gasteiger partial charge in [0.25, 0.3) is 5.91 Å². The molecule has 2 heterocycles. The van der Waals surface area contributed by atoms with E-state index in [9.17, 15) is 14.0 Å². The lowest BCUT2D eigenvalue weighted by atomic mass is 10.1. The number of para-hydroxylation sites is 1. The number of esters is 1. The van der Waals surface area contributed by atoms with E-state index in [0.717, 1.165) is 10.2 Å².